The second-order valence-electron chi connectivity index (χ2n) is 3.94. The Labute approximate surface area is 109 Å². The van der Waals surface area contributed by atoms with Crippen molar-refractivity contribution in [1.82, 2.24) is 15.0 Å². The van der Waals surface area contributed by atoms with Crippen molar-refractivity contribution in [2.45, 2.75) is 5.92 Å². The van der Waals surface area contributed by atoms with Crippen LogP contribution >= 0.6 is 0 Å². The standard InChI is InChI=1S/C12H13N3O4/c1-15-9-6-7(4-5-8(9)13-14-15)10(11(16)18-2)12(17)19-3/h4-6,10H,1-3H3. The molecular weight excluding hydrogens is 250 g/mol. The fourth-order valence-corrected chi connectivity index (χ4v) is 1.83. The molecule has 0 amide bonds. The highest BCUT2D eigenvalue weighted by atomic mass is 16.5. The number of aromatic nitrogens is 3. The largest absolute Gasteiger partial charge is 0.468 e. The molecule has 0 unspecified atom stereocenters. The van der Waals surface area contributed by atoms with E-state index in [1.54, 1.807) is 29.9 Å². The number of methoxy groups -OCH3 is 2. The number of esters is 2. The van der Waals surface area contributed by atoms with Crippen molar-refractivity contribution in [2.24, 2.45) is 7.05 Å². The Hall–Kier alpha value is -2.44. The van der Waals surface area contributed by atoms with Gasteiger partial charge in [0, 0.05) is 7.05 Å². The summed E-state index contributed by atoms with van der Waals surface area (Å²) in [5.74, 6) is -2.43. The Morgan fingerprint density at radius 1 is 1.21 bits per heavy atom. The summed E-state index contributed by atoms with van der Waals surface area (Å²) in [7, 11) is 4.18. The molecular formula is C12H13N3O4. The lowest BCUT2D eigenvalue weighted by molar-refractivity contribution is -0.154. The molecule has 0 bridgehead atoms. The monoisotopic (exact) mass is 263 g/mol. The van der Waals surface area contributed by atoms with Crippen molar-refractivity contribution in [3.63, 3.8) is 0 Å². The molecule has 0 aliphatic heterocycles. The van der Waals surface area contributed by atoms with Gasteiger partial charge in [-0.3, -0.25) is 9.59 Å². The Morgan fingerprint density at radius 3 is 2.42 bits per heavy atom. The maximum Gasteiger partial charge on any atom is 0.324 e. The average molecular weight is 263 g/mol. The zero-order chi connectivity index (χ0) is 14.0. The molecule has 19 heavy (non-hydrogen) atoms. The molecule has 0 fully saturated rings. The second-order valence-corrected chi connectivity index (χ2v) is 3.94. The Morgan fingerprint density at radius 2 is 1.84 bits per heavy atom. The fourth-order valence-electron chi connectivity index (χ4n) is 1.83. The van der Waals surface area contributed by atoms with E-state index in [0.717, 1.165) is 5.52 Å². The number of nitrogens with zero attached hydrogens (tertiary/aromatic N) is 3. The lowest BCUT2D eigenvalue weighted by atomic mass is 9.99. The molecule has 2 rings (SSSR count). The van der Waals surface area contributed by atoms with Crippen LogP contribution in [0.2, 0.25) is 0 Å². The van der Waals surface area contributed by atoms with Crippen molar-refractivity contribution in [3.8, 4) is 0 Å². The van der Waals surface area contributed by atoms with Crippen molar-refractivity contribution >= 4 is 23.0 Å². The number of aryl methyl sites for hydroxylation is 1. The highest BCUT2D eigenvalue weighted by Gasteiger charge is 2.31. The molecule has 100 valence electrons. The minimum atomic E-state index is -1.10. The summed E-state index contributed by atoms with van der Waals surface area (Å²) < 4.78 is 10.8. The third-order valence-electron chi connectivity index (χ3n) is 2.84. The summed E-state index contributed by atoms with van der Waals surface area (Å²) in [6, 6.07) is 5.00. The van der Waals surface area contributed by atoms with Crippen LogP contribution in [0.4, 0.5) is 0 Å². The molecule has 0 aliphatic rings. The van der Waals surface area contributed by atoms with Crippen LogP contribution in [0.5, 0.6) is 0 Å². The summed E-state index contributed by atoms with van der Waals surface area (Å²) in [5.41, 5.74) is 1.88. The van der Waals surface area contributed by atoms with Crippen LogP contribution in [-0.2, 0) is 26.1 Å². The van der Waals surface area contributed by atoms with Crippen molar-refractivity contribution in [1.29, 1.82) is 0 Å². The number of carbonyl (C=O) groups excluding carboxylic acids is 2. The van der Waals surface area contributed by atoms with Gasteiger partial charge in [-0.2, -0.15) is 0 Å². The van der Waals surface area contributed by atoms with Gasteiger partial charge in [0.25, 0.3) is 0 Å². The third kappa shape index (κ3) is 2.26. The summed E-state index contributed by atoms with van der Waals surface area (Å²) in [6.45, 7) is 0. The molecule has 0 saturated carbocycles. The quantitative estimate of drug-likeness (QED) is 0.588. The number of rotatable bonds is 3. The summed E-state index contributed by atoms with van der Waals surface area (Å²) in [4.78, 5) is 23.4. The van der Waals surface area contributed by atoms with E-state index in [4.69, 9.17) is 0 Å². The summed E-state index contributed by atoms with van der Waals surface area (Å²) in [6.07, 6.45) is 0. The lowest BCUT2D eigenvalue weighted by Crippen LogP contribution is -2.24. The van der Waals surface area contributed by atoms with Crippen LogP contribution in [0.15, 0.2) is 18.2 Å². The van der Waals surface area contributed by atoms with Crippen LogP contribution in [-0.4, -0.2) is 41.2 Å². The Bertz CT molecular complexity index is 619. The van der Waals surface area contributed by atoms with E-state index >= 15 is 0 Å². The topological polar surface area (TPSA) is 83.3 Å². The molecule has 0 saturated heterocycles. The van der Waals surface area contributed by atoms with Gasteiger partial charge < -0.3 is 9.47 Å². The van der Waals surface area contributed by atoms with Gasteiger partial charge in [-0.25, -0.2) is 4.68 Å². The van der Waals surface area contributed by atoms with Crippen LogP contribution in [0.3, 0.4) is 0 Å². The van der Waals surface area contributed by atoms with Gasteiger partial charge in [0.05, 0.1) is 19.7 Å². The number of carbonyl (C=O) groups is 2. The van der Waals surface area contributed by atoms with E-state index in [1.165, 1.54) is 14.2 Å². The number of benzene rings is 1. The zero-order valence-electron chi connectivity index (χ0n) is 10.8. The van der Waals surface area contributed by atoms with Crippen LogP contribution in [0.25, 0.3) is 11.0 Å². The molecule has 0 radical (unpaired) electrons. The predicted octanol–water partition coefficient (Wildman–Crippen LogP) is 0.398. The molecule has 0 aliphatic carbocycles. The van der Waals surface area contributed by atoms with E-state index in [-0.39, 0.29) is 0 Å². The van der Waals surface area contributed by atoms with Gasteiger partial charge in [-0.05, 0) is 17.7 Å². The van der Waals surface area contributed by atoms with Gasteiger partial charge in [0.1, 0.15) is 5.52 Å². The maximum atomic E-state index is 11.7. The molecule has 7 heteroatoms. The van der Waals surface area contributed by atoms with Gasteiger partial charge in [-0.15, -0.1) is 5.10 Å². The molecule has 1 aromatic carbocycles. The van der Waals surface area contributed by atoms with Crippen LogP contribution < -0.4 is 0 Å². The molecule has 2 aromatic rings. The first-order valence-corrected chi connectivity index (χ1v) is 5.53. The van der Waals surface area contributed by atoms with E-state index in [0.29, 0.717) is 11.1 Å². The van der Waals surface area contributed by atoms with Crippen molar-refractivity contribution < 1.29 is 19.1 Å². The number of fused-ring (bicyclic) bond motifs is 1. The Balaban J connectivity index is 2.52. The SMILES string of the molecule is COC(=O)C(C(=O)OC)c1ccc2nnn(C)c2c1. The number of ether oxygens (including phenoxy) is 2. The minimum Gasteiger partial charge on any atom is -0.468 e. The van der Waals surface area contributed by atoms with Gasteiger partial charge in [-0.1, -0.05) is 11.3 Å². The predicted molar refractivity (Wildman–Crippen MR) is 65.3 cm³/mol. The summed E-state index contributed by atoms with van der Waals surface area (Å²) >= 11 is 0. The second kappa shape index (κ2) is 5.05. The fraction of sp³-hybridized carbons (Fsp3) is 0.333. The highest BCUT2D eigenvalue weighted by Crippen LogP contribution is 2.22. The third-order valence-corrected chi connectivity index (χ3v) is 2.84. The average Bonchev–Trinajstić information content (AvgIpc) is 2.80. The van der Waals surface area contributed by atoms with Crippen LogP contribution in [0.1, 0.15) is 11.5 Å². The lowest BCUT2D eigenvalue weighted by Gasteiger charge is -2.12. The molecule has 1 heterocycles. The van der Waals surface area contributed by atoms with E-state index in [9.17, 15) is 9.59 Å². The highest BCUT2D eigenvalue weighted by molar-refractivity contribution is 6.01. The van der Waals surface area contributed by atoms with Crippen LogP contribution in [0, 0.1) is 0 Å². The minimum absolute atomic E-state index is 0.483. The van der Waals surface area contributed by atoms with E-state index in [1.807, 2.05) is 0 Å². The van der Waals surface area contributed by atoms with E-state index in [2.05, 4.69) is 19.8 Å². The van der Waals surface area contributed by atoms with Gasteiger partial charge in [0.15, 0.2) is 5.92 Å². The first kappa shape index (κ1) is 13.0. The zero-order valence-corrected chi connectivity index (χ0v) is 10.8. The number of hydrogen-bond donors (Lipinski definition) is 0. The maximum absolute atomic E-state index is 11.7. The Kier molecular flexibility index (Phi) is 3.46. The van der Waals surface area contributed by atoms with Gasteiger partial charge >= 0.3 is 11.9 Å². The normalized spacial score (nSPS) is 10.7. The molecule has 1 aromatic heterocycles. The first-order chi connectivity index (χ1) is 9.08. The molecule has 0 N–H and O–H groups in total. The van der Waals surface area contributed by atoms with Crippen molar-refractivity contribution in [2.75, 3.05) is 14.2 Å². The summed E-state index contributed by atoms with van der Waals surface area (Å²) in [5, 5.41) is 7.79. The number of hydrogen-bond acceptors (Lipinski definition) is 6. The molecule has 0 spiro atoms. The van der Waals surface area contributed by atoms with Crippen molar-refractivity contribution in [3.05, 3.63) is 23.8 Å². The molecule has 0 atom stereocenters. The smallest absolute Gasteiger partial charge is 0.324 e. The molecule has 7 nitrogen and oxygen atoms in total. The first-order valence-electron chi connectivity index (χ1n) is 5.53. The van der Waals surface area contributed by atoms with Gasteiger partial charge in [0.2, 0.25) is 0 Å². The van der Waals surface area contributed by atoms with E-state index < -0.39 is 17.9 Å².